The van der Waals surface area contributed by atoms with Crippen LogP contribution in [0, 0.1) is 6.92 Å². The summed E-state index contributed by atoms with van der Waals surface area (Å²) in [7, 11) is 1.72. The van der Waals surface area contributed by atoms with Gasteiger partial charge in [-0.05, 0) is 37.3 Å². The number of anilines is 2. The summed E-state index contributed by atoms with van der Waals surface area (Å²) in [5, 5.41) is 8.22. The summed E-state index contributed by atoms with van der Waals surface area (Å²) in [4.78, 5) is 60.9. The van der Waals surface area contributed by atoms with E-state index >= 15 is 0 Å². The van der Waals surface area contributed by atoms with Crippen LogP contribution in [0.25, 0.3) is 16.9 Å². The first-order valence-corrected chi connectivity index (χ1v) is 10.3. The molecular formula is C20H19N7O4S. The molecule has 0 saturated heterocycles. The van der Waals surface area contributed by atoms with Gasteiger partial charge in [0.05, 0.1) is 23.6 Å². The second-order valence-corrected chi connectivity index (χ2v) is 8.22. The minimum atomic E-state index is -0.761. The number of aromatic amines is 2. The van der Waals surface area contributed by atoms with Gasteiger partial charge < -0.3 is 20.9 Å². The number of H-pyrrole nitrogens is 2. The van der Waals surface area contributed by atoms with Gasteiger partial charge in [-0.2, -0.15) is 4.57 Å². The van der Waals surface area contributed by atoms with Gasteiger partial charge in [0.15, 0.2) is 0 Å². The molecular weight excluding hydrogens is 434 g/mol. The van der Waals surface area contributed by atoms with Crippen molar-refractivity contribution in [2.45, 2.75) is 13.5 Å². The number of hydrogen-bond acceptors (Lipinski definition) is 7. The Morgan fingerprint density at radius 2 is 1.97 bits per heavy atom. The van der Waals surface area contributed by atoms with E-state index in [1.165, 1.54) is 0 Å². The highest BCUT2D eigenvalue weighted by molar-refractivity contribution is 7.11. The molecule has 11 nitrogen and oxygen atoms in total. The number of hydrogen-bond donors (Lipinski definition) is 5. The summed E-state index contributed by atoms with van der Waals surface area (Å²) < 4.78 is 0.728. The van der Waals surface area contributed by atoms with E-state index in [-0.39, 0.29) is 17.0 Å². The lowest BCUT2D eigenvalue weighted by atomic mass is 10.2. The molecule has 0 unspecified atom stereocenters. The topological polar surface area (TPSA) is 154 Å². The molecule has 12 heteroatoms. The lowest BCUT2D eigenvalue weighted by Gasteiger charge is -2.09. The fourth-order valence-electron chi connectivity index (χ4n) is 3.07. The van der Waals surface area contributed by atoms with E-state index in [0.29, 0.717) is 12.1 Å². The Bertz CT molecular complexity index is 1500. The monoisotopic (exact) mass is 453 g/mol. The molecule has 3 heterocycles. The summed E-state index contributed by atoms with van der Waals surface area (Å²) in [6.07, 6.45) is 1.09. The standard InChI is InChI=1S/C20H19N7O4S/c1-10-3-5-12(32-10)8-23-19(30)24-15-9-22-18(26-16(15)28)27-17(29)13-6-4-11(21-2)7-14(13)25-20(27)31/h3-7,9,21H,8H2,1-2H3,(H,25,31)(H,22,26,28)(H2,23,24,30). The van der Waals surface area contributed by atoms with Crippen LogP contribution < -0.4 is 32.8 Å². The second-order valence-electron chi connectivity index (χ2n) is 6.85. The van der Waals surface area contributed by atoms with Crippen molar-refractivity contribution in [2.24, 2.45) is 0 Å². The third kappa shape index (κ3) is 4.16. The van der Waals surface area contributed by atoms with Crippen molar-refractivity contribution in [3.8, 4) is 5.95 Å². The van der Waals surface area contributed by atoms with Gasteiger partial charge in [0, 0.05) is 22.5 Å². The lowest BCUT2D eigenvalue weighted by Crippen LogP contribution is -2.36. The van der Waals surface area contributed by atoms with Crippen molar-refractivity contribution in [2.75, 3.05) is 17.7 Å². The van der Waals surface area contributed by atoms with Gasteiger partial charge in [-0.15, -0.1) is 11.3 Å². The highest BCUT2D eigenvalue weighted by atomic mass is 32.1. The zero-order chi connectivity index (χ0) is 22.8. The molecule has 0 fully saturated rings. The molecule has 3 aromatic heterocycles. The first-order chi connectivity index (χ1) is 15.4. The first-order valence-electron chi connectivity index (χ1n) is 9.52. The highest BCUT2D eigenvalue weighted by Crippen LogP contribution is 2.15. The van der Waals surface area contributed by atoms with Gasteiger partial charge in [0.25, 0.3) is 11.1 Å². The van der Waals surface area contributed by atoms with E-state index in [1.54, 1.807) is 36.6 Å². The van der Waals surface area contributed by atoms with Gasteiger partial charge in [0.2, 0.25) is 5.95 Å². The number of carbonyl (C=O) groups is 1. The average Bonchev–Trinajstić information content (AvgIpc) is 3.19. The molecule has 4 aromatic rings. The smallest absolute Gasteiger partial charge is 0.335 e. The molecule has 0 aliphatic rings. The summed E-state index contributed by atoms with van der Waals surface area (Å²) >= 11 is 1.55. The van der Waals surface area contributed by atoms with Crippen LogP contribution in [0.5, 0.6) is 0 Å². The number of thiophene rings is 1. The number of fused-ring (bicyclic) bond motifs is 1. The Morgan fingerprint density at radius 1 is 1.16 bits per heavy atom. The Hall–Kier alpha value is -4.19. The Kier molecular flexibility index (Phi) is 5.60. The second kappa shape index (κ2) is 8.51. The number of carbonyl (C=O) groups excluding carboxylic acids is 1. The third-order valence-corrected chi connectivity index (χ3v) is 5.65. The van der Waals surface area contributed by atoms with Gasteiger partial charge in [0.1, 0.15) is 5.69 Å². The molecule has 32 heavy (non-hydrogen) atoms. The molecule has 0 saturated carbocycles. The highest BCUT2D eigenvalue weighted by Gasteiger charge is 2.14. The fraction of sp³-hybridized carbons (Fsp3) is 0.150. The van der Waals surface area contributed by atoms with Crippen molar-refractivity contribution in [1.29, 1.82) is 0 Å². The van der Waals surface area contributed by atoms with Crippen molar-refractivity contribution in [3.63, 3.8) is 0 Å². The largest absolute Gasteiger partial charge is 0.388 e. The molecule has 164 valence electrons. The van der Waals surface area contributed by atoms with E-state index in [2.05, 4.69) is 30.9 Å². The van der Waals surface area contributed by atoms with Gasteiger partial charge in [-0.1, -0.05) is 0 Å². The number of nitrogens with one attached hydrogen (secondary N) is 5. The number of rotatable bonds is 5. The normalized spacial score (nSPS) is 10.8. The van der Waals surface area contributed by atoms with Crippen molar-refractivity contribution in [1.82, 2.24) is 24.8 Å². The molecule has 4 rings (SSSR count). The molecule has 0 aliphatic heterocycles. The molecule has 2 amide bonds. The Labute approximate surface area is 184 Å². The van der Waals surface area contributed by atoms with Crippen LogP contribution in [0.1, 0.15) is 9.75 Å². The summed E-state index contributed by atoms with van der Waals surface area (Å²) in [6, 6.07) is 8.14. The van der Waals surface area contributed by atoms with Crippen LogP contribution in [0.3, 0.4) is 0 Å². The average molecular weight is 453 g/mol. The minimum absolute atomic E-state index is 0.127. The molecule has 1 aromatic carbocycles. The van der Waals surface area contributed by atoms with Gasteiger partial charge in [-0.25, -0.2) is 14.6 Å². The van der Waals surface area contributed by atoms with Crippen LogP contribution in [-0.2, 0) is 6.54 Å². The van der Waals surface area contributed by atoms with Crippen LogP contribution in [0.4, 0.5) is 16.2 Å². The SMILES string of the molecule is CNc1ccc2c(=O)n(-c3ncc(NC(=O)NCc4ccc(C)s4)c(=O)[nH]3)c(=O)[nH]c2c1. The minimum Gasteiger partial charge on any atom is -0.388 e. The van der Waals surface area contributed by atoms with Crippen molar-refractivity contribution >= 4 is 39.6 Å². The molecule has 0 radical (unpaired) electrons. The summed E-state index contributed by atoms with van der Waals surface area (Å²) in [6.45, 7) is 2.28. The van der Waals surface area contributed by atoms with Crippen LogP contribution in [-0.4, -0.2) is 32.6 Å². The summed E-state index contributed by atoms with van der Waals surface area (Å²) in [5.41, 5.74) is -1.17. The van der Waals surface area contributed by atoms with Crippen molar-refractivity contribution < 1.29 is 4.79 Å². The van der Waals surface area contributed by atoms with E-state index < -0.39 is 22.8 Å². The number of benzene rings is 1. The maximum absolute atomic E-state index is 12.8. The van der Waals surface area contributed by atoms with E-state index in [0.717, 1.165) is 26.2 Å². The Morgan fingerprint density at radius 3 is 2.66 bits per heavy atom. The zero-order valence-corrected chi connectivity index (χ0v) is 17.9. The van der Waals surface area contributed by atoms with E-state index in [9.17, 15) is 19.2 Å². The van der Waals surface area contributed by atoms with Crippen LogP contribution in [0.2, 0.25) is 0 Å². The molecule has 0 bridgehead atoms. The van der Waals surface area contributed by atoms with Gasteiger partial charge in [-0.3, -0.25) is 14.6 Å². The fourth-order valence-corrected chi connectivity index (χ4v) is 3.90. The predicted octanol–water partition coefficient (Wildman–Crippen LogP) is 1.50. The quantitative estimate of drug-likeness (QED) is 0.309. The number of aromatic nitrogens is 4. The molecule has 0 atom stereocenters. The number of aryl methyl sites for hydroxylation is 1. The zero-order valence-electron chi connectivity index (χ0n) is 17.1. The van der Waals surface area contributed by atoms with E-state index in [1.807, 2.05) is 19.1 Å². The van der Waals surface area contributed by atoms with Gasteiger partial charge >= 0.3 is 11.7 Å². The number of amides is 2. The number of urea groups is 1. The molecule has 5 N–H and O–H groups in total. The maximum Gasteiger partial charge on any atom is 0.335 e. The predicted molar refractivity (Wildman–Crippen MR) is 123 cm³/mol. The summed E-state index contributed by atoms with van der Waals surface area (Å²) in [5.74, 6) is -0.263. The lowest BCUT2D eigenvalue weighted by molar-refractivity contribution is 0.252. The van der Waals surface area contributed by atoms with Crippen LogP contribution in [0.15, 0.2) is 50.9 Å². The Balaban J connectivity index is 1.58. The first kappa shape index (κ1) is 21.1. The van der Waals surface area contributed by atoms with E-state index in [4.69, 9.17) is 0 Å². The molecule has 0 spiro atoms. The van der Waals surface area contributed by atoms with Crippen LogP contribution >= 0.6 is 11.3 Å². The molecule has 0 aliphatic carbocycles. The van der Waals surface area contributed by atoms with Crippen molar-refractivity contribution in [3.05, 3.63) is 77.5 Å². The number of nitrogens with zero attached hydrogens (tertiary/aromatic N) is 2. The maximum atomic E-state index is 12.8. The third-order valence-electron chi connectivity index (χ3n) is 4.65.